The molecule has 0 atom stereocenters. The summed E-state index contributed by atoms with van der Waals surface area (Å²) in [6.07, 6.45) is 0. The molecule has 0 bridgehead atoms. The first-order chi connectivity index (χ1) is 9.18. The van der Waals surface area contributed by atoms with Crippen molar-refractivity contribution in [3.05, 3.63) is 97.6 Å². The second-order valence-corrected chi connectivity index (χ2v) is 3.67. The molecule has 0 aromatic heterocycles. The topological polar surface area (TPSA) is 0 Å². The van der Waals surface area contributed by atoms with E-state index in [1.165, 1.54) is 16.7 Å². The Morgan fingerprint density at radius 3 is 1.38 bits per heavy atom. The van der Waals surface area contributed by atoms with Gasteiger partial charge in [0.1, 0.15) is 0 Å². The van der Waals surface area contributed by atoms with Crippen LogP contribution < -0.4 is 0 Å². The quantitative estimate of drug-likeness (QED) is 0.368. The monoisotopic (exact) mass is 432 g/mol. The van der Waals surface area contributed by atoms with E-state index in [2.05, 4.69) is 71.4 Å². The van der Waals surface area contributed by atoms with Crippen LogP contribution in [0.4, 0.5) is 0 Å². The summed E-state index contributed by atoms with van der Waals surface area (Å²) < 4.78 is 0. The molecule has 2 aromatic carbocycles. The second kappa shape index (κ2) is 22.4. The Morgan fingerprint density at radius 1 is 0.762 bits per heavy atom. The van der Waals surface area contributed by atoms with Crippen LogP contribution in [0.3, 0.4) is 0 Å². The van der Waals surface area contributed by atoms with E-state index in [9.17, 15) is 0 Å². The zero-order valence-corrected chi connectivity index (χ0v) is 19.2. The molecule has 0 N–H and O–H groups in total. The van der Waals surface area contributed by atoms with Crippen molar-refractivity contribution in [3.63, 3.8) is 0 Å². The van der Waals surface area contributed by atoms with Crippen LogP contribution in [0.1, 0.15) is 18.1 Å². The molecule has 0 heterocycles. The predicted octanol–water partition coefficient (Wildman–Crippen LogP) is 5.74. The van der Waals surface area contributed by atoms with E-state index >= 15 is 0 Å². The zero-order chi connectivity index (χ0) is 15.1. The van der Waals surface area contributed by atoms with Gasteiger partial charge in [-0.1, -0.05) is 20.8 Å². The molecule has 110 valence electrons. The van der Waals surface area contributed by atoms with Crippen molar-refractivity contribution in [1.82, 2.24) is 0 Å². The van der Waals surface area contributed by atoms with E-state index in [-0.39, 0.29) is 66.8 Å². The van der Waals surface area contributed by atoms with Crippen LogP contribution in [-0.4, -0.2) is 0 Å². The summed E-state index contributed by atoms with van der Waals surface area (Å²) in [5, 5.41) is 0. The van der Waals surface area contributed by atoms with Gasteiger partial charge in [-0.05, 0) is 0 Å². The van der Waals surface area contributed by atoms with Crippen molar-refractivity contribution in [2.24, 2.45) is 0 Å². The van der Waals surface area contributed by atoms with E-state index in [4.69, 9.17) is 0 Å². The second-order valence-electron chi connectivity index (χ2n) is 3.67. The van der Waals surface area contributed by atoms with E-state index in [0.717, 1.165) is 0 Å². The molecule has 0 unspecified atom stereocenters. The SMILES string of the molecule is C=C.C=C.Cc1c[c-]cc(C)c1.Cc1c[c-]ccc1.[HH].[Y].[Y]. The zero-order valence-electron chi connectivity index (χ0n) is 13.5. The van der Waals surface area contributed by atoms with Crippen LogP contribution in [-0.2, 0) is 65.4 Å². The van der Waals surface area contributed by atoms with E-state index in [1.807, 2.05) is 30.3 Å². The van der Waals surface area contributed by atoms with Crippen LogP contribution in [0.25, 0.3) is 0 Å². The van der Waals surface area contributed by atoms with Gasteiger partial charge in [0, 0.05) is 66.8 Å². The summed E-state index contributed by atoms with van der Waals surface area (Å²) in [6, 6.07) is 20.0. The largest absolute Gasteiger partial charge is 0.184 e. The molecule has 2 radical (unpaired) electrons. The first-order valence-corrected chi connectivity index (χ1v) is 6.05. The Labute approximate surface area is 183 Å². The van der Waals surface area contributed by atoms with Crippen molar-refractivity contribution in [2.45, 2.75) is 20.8 Å². The Balaban J connectivity index is -0.0000000645. The average molecular weight is 432 g/mol. The summed E-state index contributed by atoms with van der Waals surface area (Å²) in [4.78, 5) is 0. The Kier molecular flexibility index (Phi) is 31.1. The van der Waals surface area contributed by atoms with Gasteiger partial charge in [-0.2, -0.15) is 71.3 Å². The molecule has 0 amide bonds. The molecule has 0 fully saturated rings. The van der Waals surface area contributed by atoms with Gasteiger partial charge >= 0.3 is 0 Å². The van der Waals surface area contributed by atoms with Crippen LogP contribution in [0, 0.1) is 32.9 Å². The molecule has 0 aliphatic rings. The first kappa shape index (κ1) is 29.2. The maximum Gasteiger partial charge on any atom is 0 e. The van der Waals surface area contributed by atoms with E-state index in [0.29, 0.717) is 0 Å². The Morgan fingerprint density at radius 2 is 1.19 bits per heavy atom. The number of rotatable bonds is 0. The molecule has 0 saturated heterocycles. The third kappa shape index (κ3) is 20.1. The molecule has 2 heteroatoms. The summed E-state index contributed by atoms with van der Waals surface area (Å²) in [7, 11) is 0. The van der Waals surface area contributed by atoms with Gasteiger partial charge in [0.25, 0.3) is 0 Å². The minimum atomic E-state index is 0. The van der Waals surface area contributed by atoms with Gasteiger partial charge in [-0.3, -0.25) is 0 Å². The van der Waals surface area contributed by atoms with Gasteiger partial charge in [0.15, 0.2) is 0 Å². The van der Waals surface area contributed by atoms with Gasteiger partial charge in [-0.25, -0.2) is 0 Å². The summed E-state index contributed by atoms with van der Waals surface area (Å²) >= 11 is 0. The van der Waals surface area contributed by atoms with Gasteiger partial charge in [0.2, 0.25) is 0 Å². The van der Waals surface area contributed by atoms with Crippen LogP contribution >= 0.6 is 0 Å². The number of hydrogen-bond donors (Lipinski definition) is 0. The molecule has 2 aromatic rings. The average Bonchev–Trinajstić information content (AvgIpc) is 2.44. The number of aryl methyl sites for hydroxylation is 3. The summed E-state index contributed by atoms with van der Waals surface area (Å²) in [5.41, 5.74) is 3.83. The molecule has 21 heavy (non-hydrogen) atoms. The molecule has 0 saturated carbocycles. The minimum absolute atomic E-state index is 0. The smallest absolute Gasteiger partial charge is 0 e. The fraction of sp³-hybridized carbons (Fsp3) is 0.158. The van der Waals surface area contributed by atoms with Crippen molar-refractivity contribution in [1.29, 1.82) is 0 Å². The van der Waals surface area contributed by atoms with E-state index in [1.54, 1.807) is 0 Å². The molecule has 2 rings (SSSR count). The standard InChI is InChI=1S/C8H9.C7H7.2C2H4.2Y.H2/c1-7-4-3-5-8(2)6-7;1-7-5-3-2-4-6-7;2*1-2;;;/h4-6H,1-2H3;2-3,5-6H,1H3;2*1-2H2;;;1H/q2*-1;;;;;. The third-order valence-corrected chi connectivity index (χ3v) is 1.94. The van der Waals surface area contributed by atoms with Crippen molar-refractivity contribution < 1.29 is 66.8 Å². The molecule has 0 aliphatic carbocycles. The minimum Gasteiger partial charge on any atom is -0.184 e. The molecule has 0 aliphatic heterocycles. The maximum atomic E-state index is 3.03. The Bertz CT molecular complexity index is 411. The maximum absolute atomic E-state index is 3.03. The predicted molar refractivity (Wildman–Crippen MR) is 89.4 cm³/mol. The fourth-order valence-electron chi connectivity index (χ4n) is 1.23. The summed E-state index contributed by atoms with van der Waals surface area (Å²) in [6.45, 7) is 18.2. The molecule has 0 spiro atoms. The fourth-order valence-corrected chi connectivity index (χ4v) is 1.23. The summed E-state index contributed by atoms with van der Waals surface area (Å²) in [5.74, 6) is 0. The normalized spacial score (nSPS) is 6.81. The van der Waals surface area contributed by atoms with Crippen LogP contribution in [0.15, 0.2) is 68.8 Å². The van der Waals surface area contributed by atoms with Gasteiger partial charge in [-0.15, -0.1) is 26.3 Å². The van der Waals surface area contributed by atoms with Gasteiger partial charge < -0.3 is 0 Å². The number of benzene rings is 2. The van der Waals surface area contributed by atoms with E-state index < -0.39 is 0 Å². The number of hydrogen-bond acceptors (Lipinski definition) is 0. The van der Waals surface area contributed by atoms with Gasteiger partial charge in [0.05, 0.1) is 0 Å². The van der Waals surface area contributed by atoms with Crippen molar-refractivity contribution in [3.8, 4) is 0 Å². The van der Waals surface area contributed by atoms with Crippen LogP contribution in [0.2, 0.25) is 0 Å². The third-order valence-electron chi connectivity index (χ3n) is 1.94. The van der Waals surface area contributed by atoms with Crippen molar-refractivity contribution in [2.75, 3.05) is 0 Å². The first-order valence-electron chi connectivity index (χ1n) is 6.05. The molecular formula is C19H26Y2-2. The molecular weight excluding hydrogens is 406 g/mol. The van der Waals surface area contributed by atoms with Crippen LogP contribution in [0.5, 0.6) is 0 Å². The van der Waals surface area contributed by atoms with Crippen molar-refractivity contribution >= 4 is 0 Å². The molecule has 0 nitrogen and oxygen atoms in total. The Hall–Kier alpha value is 0.128.